The van der Waals surface area contributed by atoms with Crippen LogP contribution in [0.2, 0.25) is 0 Å². The Hall–Kier alpha value is -1.53. The summed E-state index contributed by atoms with van der Waals surface area (Å²) in [6, 6.07) is 6.08. The first-order valence-corrected chi connectivity index (χ1v) is 7.63. The highest BCUT2D eigenvalue weighted by atomic mass is 32.2. The van der Waals surface area contributed by atoms with E-state index < -0.39 is 5.97 Å². The van der Waals surface area contributed by atoms with Gasteiger partial charge in [-0.05, 0) is 25.5 Å². The van der Waals surface area contributed by atoms with Crippen molar-refractivity contribution in [2.45, 2.75) is 18.7 Å². The molecule has 0 unspecified atom stereocenters. The highest BCUT2D eigenvalue weighted by Crippen LogP contribution is 2.23. The van der Waals surface area contributed by atoms with Crippen LogP contribution < -0.4 is 5.32 Å². The molecule has 0 aliphatic carbocycles. The van der Waals surface area contributed by atoms with Crippen LogP contribution in [0.25, 0.3) is 0 Å². The van der Waals surface area contributed by atoms with Crippen molar-refractivity contribution in [2.24, 2.45) is 0 Å². The summed E-state index contributed by atoms with van der Waals surface area (Å²) in [7, 11) is 1.55. The van der Waals surface area contributed by atoms with Crippen LogP contribution >= 0.6 is 11.8 Å². The third-order valence-electron chi connectivity index (χ3n) is 2.68. The van der Waals surface area contributed by atoms with E-state index in [0.29, 0.717) is 13.2 Å². The average molecular weight is 311 g/mol. The predicted molar refractivity (Wildman–Crippen MR) is 82.5 cm³/mol. The number of amides is 1. The van der Waals surface area contributed by atoms with Gasteiger partial charge in [0.05, 0.1) is 12.4 Å². The highest BCUT2D eigenvalue weighted by Gasteiger charge is 2.09. The van der Waals surface area contributed by atoms with Gasteiger partial charge < -0.3 is 14.8 Å². The molecular formula is C15H21NO4S. The van der Waals surface area contributed by atoms with Gasteiger partial charge >= 0.3 is 5.97 Å². The maximum Gasteiger partial charge on any atom is 0.316 e. The molecule has 0 spiro atoms. The van der Waals surface area contributed by atoms with Crippen molar-refractivity contribution in [3.8, 4) is 0 Å². The minimum atomic E-state index is -0.400. The molecule has 0 aromatic heterocycles. The van der Waals surface area contributed by atoms with Crippen LogP contribution in [-0.2, 0) is 19.1 Å². The topological polar surface area (TPSA) is 64.6 Å². The first-order chi connectivity index (χ1) is 10.0. The van der Waals surface area contributed by atoms with E-state index in [9.17, 15) is 9.59 Å². The molecule has 6 heteroatoms. The first kappa shape index (κ1) is 17.5. The first-order valence-electron chi connectivity index (χ1n) is 6.64. The normalized spacial score (nSPS) is 10.2. The lowest BCUT2D eigenvalue weighted by Gasteiger charge is -2.08. The van der Waals surface area contributed by atoms with Crippen molar-refractivity contribution in [2.75, 3.05) is 32.6 Å². The molecule has 21 heavy (non-hydrogen) atoms. The molecule has 0 aliphatic rings. The Kier molecular flexibility index (Phi) is 7.85. The summed E-state index contributed by atoms with van der Waals surface area (Å²) in [4.78, 5) is 24.0. The number of ether oxygens (including phenoxy) is 2. The number of carbonyl (C=O) groups excluding carboxylic acids is 2. The second-order valence-electron chi connectivity index (χ2n) is 4.56. The summed E-state index contributed by atoms with van der Waals surface area (Å²) in [6.45, 7) is 4.59. The Morgan fingerprint density at radius 2 is 2.05 bits per heavy atom. The van der Waals surface area contributed by atoms with E-state index in [1.54, 1.807) is 7.11 Å². The molecule has 1 amide bonds. The third kappa shape index (κ3) is 7.15. The third-order valence-corrected chi connectivity index (χ3v) is 3.81. The van der Waals surface area contributed by atoms with E-state index in [0.717, 1.165) is 16.0 Å². The van der Waals surface area contributed by atoms with Crippen LogP contribution in [0.1, 0.15) is 11.1 Å². The SMILES string of the molecule is COCCNC(=O)COC(=O)CSc1cc(C)ccc1C. The van der Waals surface area contributed by atoms with Crippen LogP contribution in [0, 0.1) is 13.8 Å². The number of nitrogens with one attached hydrogen (secondary N) is 1. The molecule has 0 fully saturated rings. The van der Waals surface area contributed by atoms with E-state index in [1.165, 1.54) is 11.8 Å². The molecule has 1 aromatic carbocycles. The lowest BCUT2D eigenvalue weighted by Crippen LogP contribution is -2.31. The number of rotatable bonds is 8. The van der Waals surface area contributed by atoms with E-state index >= 15 is 0 Å². The van der Waals surface area contributed by atoms with Gasteiger partial charge in [0.1, 0.15) is 0 Å². The van der Waals surface area contributed by atoms with Gasteiger partial charge in [0.15, 0.2) is 6.61 Å². The summed E-state index contributed by atoms with van der Waals surface area (Å²) in [5.41, 5.74) is 2.27. The molecule has 0 saturated heterocycles. The molecule has 1 aromatic rings. The van der Waals surface area contributed by atoms with Gasteiger partial charge in [-0.3, -0.25) is 9.59 Å². The number of benzene rings is 1. The fourth-order valence-corrected chi connectivity index (χ4v) is 2.45. The molecular weight excluding hydrogens is 290 g/mol. The number of esters is 1. The van der Waals surface area contributed by atoms with Crippen LogP contribution in [0.15, 0.2) is 23.1 Å². The Labute approximate surface area is 129 Å². The zero-order valence-electron chi connectivity index (χ0n) is 12.6. The van der Waals surface area contributed by atoms with E-state index in [-0.39, 0.29) is 18.3 Å². The maximum absolute atomic E-state index is 11.6. The summed E-state index contributed by atoms with van der Waals surface area (Å²) in [5.74, 6) is -0.532. The summed E-state index contributed by atoms with van der Waals surface area (Å²) >= 11 is 1.42. The van der Waals surface area contributed by atoms with Crippen molar-refractivity contribution < 1.29 is 19.1 Å². The summed E-state index contributed by atoms with van der Waals surface area (Å²) < 4.78 is 9.71. The van der Waals surface area contributed by atoms with Gasteiger partial charge in [-0.2, -0.15) is 0 Å². The molecule has 0 heterocycles. The second kappa shape index (κ2) is 9.41. The van der Waals surface area contributed by atoms with E-state index in [1.807, 2.05) is 32.0 Å². The van der Waals surface area contributed by atoms with Crippen molar-refractivity contribution in [1.29, 1.82) is 0 Å². The largest absolute Gasteiger partial charge is 0.455 e. The quantitative estimate of drug-likeness (QED) is 0.450. The molecule has 1 N–H and O–H groups in total. The minimum Gasteiger partial charge on any atom is -0.455 e. The Bertz CT molecular complexity index is 491. The van der Waals surface area contributed by atoms with Crippen molar-refractivity contribution in [3.05, 3.63) is 29.3 Å². The number of methoxy groups -OCH3 is 1. The molecule has 5 nitrogen and oxygen atoms in total. The van der Waals surface area contributed by atoms with Crippen LogP contribution in [0.3, 0.4) is 0 Å². The van der Waals surface area contributed by atoms with Gasteiger partial charge in [0, 0.05) is 18.6 Å². The molecule has 1 rings (SSSR count). The van der Waals surface area contributed by atoms with Gasteiger partial charge in [-0.15, -0.1) is 11.8 Å². The zero-order chi connectivity index (χ0) is 15.7. The minimum absolute atomic E-state index is 0.190. The van der Waals surface area contributed by atoms with Crippen LogP contribution in [0.4, 0.5) is 0 Å². The molecule has 0 bridgehead atoms. The van der Waals surface area contributed by atoms with Gasteiger partial charge in [-0.25, -0.2) is 0 Å². The van der Waals surface area contributed by atoms with Gasteiger partial charge in [0.2, 0.25) is 0 Å². The smallest absolute Gasteiger partial charge is 0.316 e. The number of carbonyl (C=O) groups is 2. The number of hydrogen-bond donors (Lipinski definition) is 1. The Morgan fingerprint density at radius 3 is 2.76 bits per heavy atom. The predicted octanol–water partition coefficient (Wildman–Crippen LogP) is 1.70. The zero-order valence-corrected chi connectivity index (χ0v) is 13.4. The average Bonchev–Trinajstić information content (AvgIpc) is 2.46. The van der Waals surface area contributed by atoms with Gasteiger partial charge in [0.25, 0.3) is 5.91 Å². The van der Waals surface area contributed by atoms with Crippen LogP contribution in [0.5, 0.6) is 0 Å². The lowest BCUT2D eigenvalue weighted by atomic mass is 10.2. The van der Waals surface area contributed by atoms with E-state index in [4.69, 9.17) is 9.47 Å². The molecule has 116 valence electrons. The monoisotopic (exact) mass is 311 g/mol. The fourth-order valence-electron chi connectivity index (χ4n) is 1.53. The summed E-state index contributed by atoms with van der Waals surface area (Å²) in [5, 5.41) is 2.58. The lowest BCUT2D eigenvalue weighted by molar-refractivity contribution is -0.145. The van der Waals surface area contributed by atoms with Crippen molar-refractivity contribution in [1.82, 2.24) is 5.32 Å². The maximum atomic E-state index is 11.6. The number of hydrogen-bond acceptors (Lipinski definition) is 5. The molecule has 0 atom stereocenters. The van der Waals surface area contributed by atoms with Crippen molar-refractivity contribution in [3.63, 3.8) is 0 Å². The number of thioether (sulfide) groups is 1. The fraction of sp³-hybridized carbons (Fsp3) is 0.467. The van der Waals surface area contributed by atoms with Gasteiger partial charge in [-0.1, -0.05) is 17.7 Å². The Morgan fingerprint density at radius 1 is 1.29 bits per heavy atom. The Balaban J connectivity index is 2.28. The molecule has 0 saturated carbocycles. The standard InChI is InChI=1S/C15H21NO4S/c1-11-4-5-12(2)13(8-11)21-10-15(18)20-9-14(17)16-6-7-19-3/h4-5,8H,6-7,9-10H2,1-3H3,(H,16,17). The number of aryl methyl sites for hydroxylation is 2. The molecule has 0 aliphatic heterocycles. The highest BCUT2D eigenvalue weighted by molar-refractivity contribution is 8.00. The van der Waals surface area contributed by atoms with E-state index in [2.05, 4.69) is 5.32 Å². The van der Waals surface area contributed by atoms with Crippen molar-refractivity contribution >= 4 is 23.6 Å². The second-order valence-corrected chi connectivity index (χ2v) is 5.58. The summed E-state index contributed by atoms with van der Waals surface area (Å²) in [6.07, 6.45) is 0. The molecule has 0 radical (unpaired) electrons. The van der Waals surface area contributed by atoms with Crippen LogP contribution in [-0.4, -0.2) is 44.5 Å².